The van der Waals surface area contributed by atoms with Gasteiger partial charge in [0.15, 0.2) is 0 Å². The Morgan fingerprint density at radius 1 is 0.750 bits per heavy atom. The monoisotopic (exact) mass is 390 g/mol. The van der Waals surface area contributed by atoms with E-state index in [1.807, 2.05) is 0 Å². The van der Waals surface area contributed by atoms with E-state index in [0.717, 1.165) is 28.1 Å². The average molecular weight is 390 g/mol. The third-order valence-corrected chi connectivity index (χ3v) is 5.63. The van der Waals surface area contributed by atoms with Gasteiger partial charge in [-0.3, -0.25) is 18.0 Å². The molecular formula is C12H22O10S2. The van der Waals surface area contributed by atoms with E-state index in [9.17, 15) is 26.4 Å². The maximum Gasteiger partial charge on any atom is 0.307 e. The van der Waals surface area contributed by atoms with Gasteiger partial charge in [-0.05, 0) is 26.7 Å². The number of hydrogen-bond donors (Lipinski definition) is 0. The fourth-order valence-electron chi connectivity index (χ4n) is 1.42. The summed E-state index contributed by atoms with van der Waals surface area (Å²) >= 11 is 0. The molecule has 142 valence electrons. The Kier molecular flexibility index (Phi) is 9.40. The van der Waals surface area contributed by atoms with Crippen LogP contribution in [0.1, 0.15) is 39.5 Å². The predicted molar refractivity (Wildman–Crippen MR) is 81.4 cm³/mol. The summed E-state index contributed by atoms with van der Waals surface area (Å²) in [6.07, 6.45) is 0.254. The lowest BCUT2D eigenvalue weighted by Crippen LogP contribution is -2.25. The molecule has 0 saturated heterocycles. The van der Waals surface area contributed by atoms with Crippen LogP contribution in [0.5, 0.6) is 0 Å². The topological polar surface area (TPSA) is 139 Å². The van der Waals surface area contributed by atoms with E-state index in [-0.39, 0.29) is 25.7 Å². The van der Waals surface area contributed by atoms with Crippen LogP contribution in [-0.2, 0) is 47.7 Å². The van der Waals surface area contributed by atoms with Crippen molar-refractivity contribution < 1.29 is 44.3 Å². The van der Waals surface area contributed by atoms with Crippen LogP contribution in [0.15, 0.2) is 0 Å². The van der Waals surface area contributed by atoms with E-state index in [2.05, 4.69) is 17.8 Å². The minimum absolute atomic E-state index is 0.108. The van der Waals surface area contributed by atoms with Crippen LogP contribution in [0.4, 0.5) is 0 Å². The van der Waals surface area contributed by atoms with Gasteiger partial charge in [0.05, 0.1) is 14.2 Å². The molecule has 0 radical (unpaired) electrons. The summed E-state index contributed by atoms with van der Waals surface area (Å²) in [5.74, 6) is -1.52. The molecule has 0 heterocycles. The van der Waals surface area contributed by atoms with E-state index in [4.69, 9.17) is 0 Å². The third kappa shape index (κ3) is 8.04. The van der Waals surface area contributed by atoms with Crippen LogP contribution in [0.3, 0.4) is 0 Å². The minimum Gasteiger partial charge on any atom is -0.444 e. The number of carbonyl (C=O) groups is 2. The molecule has 0 amide bonds. The van der Waals surface area contributed by atoms with Gasteiger partial charge < -0.3 is 9.47 Å². The van der Waals surface area contributed by atoms with Crippen LogP contribution < -0.4 is 0 Å². The molecule has 0 aliphatic carbocycles. The Bertz CT molecular complexity index is 566. The minimum atomic E-state index is -3.95. The molecule has 10 nitrogen and oxygen atoms in total. The molecule has 0 aromatic carbocycles. The highest BCUT2D eigenvalue weighted by atomic mass is 32.2. The summed E-state index contributed by atoms with van der Waals surface area (Å²) in [5, 5.41) is 0. The van der Waals surface area contributed by atoms with E-state index in [1.54, 1.807) is 0 Å². The highest BCUT2D eigenvalue weighted by Crippen LogP contribution is 2.10. The Hall–Kier alpha value is -1.24. The number of unbranched alkanes of at least 4 members (excludes halogenated alkanes) is 1. The largest absolute Gasteiger partial charge is 0.444 e. The Morgan fingerprint density at radius 3 is 1.29 bits per heavy atom. The van der Waals surface area contributed by atoms with Gasteiger partial charge in [0.25, 0.3) is 0 Å². The first-order valence-electron chi connectivity index (χ1n) is 6.94. The molecule has 2 atom stereocenters. The Balaban J connectivity index is 4.10. The van der Waals surface area contributed by atoms with E-state index >= 15 is 0 Å². The van der Waals surface area contributed by atoms with Crippen molar-refractivity contribution in [2.24, 2.45) is 0 Å². The van der Waals surface area contributed by atoms with Crippen LogP contribution in [0.2, 0.25) is 0 Å². The zero-order valence-corrected chi connectivity index (χ0v) is 15.5. The van der Waals surface area contributed by atoms with Crippen LogP contribution in [0, 0.1) is 0 Å². The zero-order valence-electron chi connectivity index (χ0n) is 13.9. The summed E-state index contributed by atoms with van der Waals surface area (Å²) in [6.45, 7) is 2.32. The SMILES string of the molecule is COS(=O)(=O)C(C)OC(=O)CCCCC(=O)OC(C)S(=O)(=O)OC. The molecule has 0 saturated carbocycles. The van der Waals surface area contributed by atoms with Crippen molar-refractivity contribution in [1.29, 1.82) is 0 Å². The summed E-state index contributed by atoms with van der Waals surface area (Å²) in [4.78, 5) is 22.9. The van der Waals surface area contributed by atoms with Crippen molar-refractivity contribution in [3.05, 3.63) is 0 Å². The number of ether oxygens (including phenoxy) is 2. The van der Waals surface area contributed by atoms with Gasteiger partial charge in [0, 0.05) is 12.8 Å². The van der Waals surface area contributed by atoms with Gasteiger partial charge in [-0.25, -0.2) is 0 Å². The van der Waals surface area contributed by atoms with Crippen molar-refractivity contribution in [3.8, 4) is 0 Å². The van der Waals surface area contributed by atoms with Crippen LogP contribution >= 0.6 is 0 Å². The van der Waals surface area contributed by atoms with Crippen molar-refractivity contribution in [2.75, 3.05) is 14.2 Å². The molecule has 2 unspecified atom stereocenters. The summed E-state index contributed by atoms with van der Waals surface area (Å²) in [7, 11) is -6.00. The molecule has 0 aliphatic rings. The van der Waals surface area contributed by atoms with Crippen LogP contribution in [-0.4, -0.2) is 53.9 Å². The summed E-state index contributed by atoms with van der Waals surface area (Å²) < 4.78 is 62.7. The van der Waals surface area contributed by atoms with Gasteiger partial charge in [-0.1, -0.05) is 0 Å². The molecule has 0 spiro atoms. The molecule has 0 fully saturated rings. The van der Waals surface area contributed by atoms with Crippen molar-refractivity contribution >= 4 is 32.2 Å². The van der Waals surface area contributed by atoms with Gasteiger partial charge in [0.2, 0.25) is 10.9 Å². The van der Waals surface area contributed by atoms with Gasteiger partial charge >= 0.3 is 32.2 Å². The molecule has 24 heavy (non-hydrogen) atoms. The van der Waals surface area contributed by atoms with E-state index < -0.39 is 43.0 Å². The fraction of sp³-hybridized carbons (Fsp3) is 0.833. The summed E-state index contributed by atoms with van der Waals surface area (Å²) in [6, 6.07) is 0. The van der Waals surface area contributed by atoms with E-state index in [0.29, 0.717) is 0 Å². The quantitative estimate of drug-likeness (QED) is 0.274. The summed E-state index contributed by atoms with van der Waals surface area (Å²) in [5.41, 5.74) is -2.86. The number of rotatable bonds is 11. The smallest absolute Gasteiger partial charge is 0.307 e. The fourth-order valence-corrected chi connectivity index (χ4v) is 2.41. The first-order valence-corrected chi connectivity index (χ1v) is 9.88. The number of hydrogen-bond acceptors (Lipinski definition) is 10. The first-order chi connectivity index (χ1) is 11.0. The molecule has 0 bridgehead atoms. The molecule has 0 aliphatic heterocycles. The van der Waals surface area contributed by atoms with Crippen molar-refractivity contribution in [1.82, 2.24) is 0 Å². The van der Waals surface area contributed by atoms with Crippen molar-refractivity contribution in [3.63, 3.8) is 0 Å². The third-order valence-electron chi connectivity index (χ3n) is 2.88. The number of esters is 2. The molecule has 0 aromatic rings. The van der Waals surface area contributed by atoms with Crippen LogP contribution in [0.25, 0.3) is 0 Å². The lowest BCUT2D eigenvalue weighted by Gasteiger charge is -2.13. The molecule has 0 N–H and O–H groups in total. The van der Waals surface area contributed by atoms with Crippen molar-refractivity contribution in [2.45, 2.75) is 50.4 Å². The lowest BCUT2D eigenvalue weighted by molar-refractivity contribution is -0.147. The Morgan fingerprint density at radius 2 is 1.04 bits per heavy atom. The lowest BCUT2D eigenvalue weighted by atomic mass is 10.2. The Labute approximate surface area is 141 Å². The predicted octanol–water partition coefficient (Wildman–Crippen LogP) is 0.278. The normalized spacial score (nSPS) is 14.7. The molecular weight excluding hydrogens is 368 g/mol. The second-order valence-electron chi connectivity index (χ2n) is 4.64. The first kappa shape index (κ1) is 22.8. The highest BCUT2D eigenvalue weighted by molar-refractivity contribution is 7.87. The average Bonchev–Trinajstić information content (AvgIpc) is 2.51. The molecule has 0 aromatic heterocycles. The second-order valence-corrected chi connectivity index (χ2v) is 8.61. The molecule has 0 rings (SSSR count). The van der Waals surface area contributed by atoms with Gasteiger partial charge in [-0.2, -0.15) is 16.8 Å². The maximum atomic E-state index is 11.5. The van der Waals surface area contributed by atoms with Gasteiger partial charge in [-0.15, -0.1) is 0 Å². The standard InChI is InChI=1S/C12H22O10S2/c1-9(23(15,16)19-3)21-11(13)7-5-6-8-12(14)22-10(2)24(17,18)20-4/h9-10H,5-8H2,1-4H3. The maximum absolute atomic E-state index is 11.5. The number of carbonyl (C=O) groups excluding carboxylic acids is 2. The van der Waals surface area contributed by atoms with E-state index in [1.165, 1.54) is 0 Å². The molecule has 12 heteroatoms. The van der Waals surface area contributed by atoms with Gasteiger partial charge in [0.1, 0.15) is 0 Å². The highest BCUT2D eigenvalue weighted by Gasteiger charge is 2.25. The zero-order chi connectivity index (χ0) is 19.0. The second kappa shape index (κ2) is 9.91.